The first-order chi connectivity index (χ1) is 8.24. The van der Waals surface area contributed by atoms with Crippen LogP contribution in [0.2, 0.25) is 0 Å². The number of methoxy groups -OCH3 is 1. The van der Waals surface area contributed by atoms with Gasteiger partial charge in [-0.05, 0) is 29.8 Å². The minimum absolute atomic E-state index is 0.269. The van der Waals surface area contributed by atoms with Crippen molar-refractivity contribution in [1.29, 1.82) is 5.26 Å². The predicted octanol–water partition coefficient (Wildman–Crippen LogP) is 2.77. The SMILES string of the molecule is COc1ccncc1-c1cc(F)cc(C#N)c1. The number of nitriles is 1. The van der Waals surface area contributed by atoms with Crippen LogP contribution in [0.25, 0.3) is 11.1 Å². The molecule has 2 aromatic rings. The van der Waals surface area contributed by atoms with Crippen molar-refractivity contribution in [2.45, 2.75) is 0 Å². The van der Waals surface area contributed by atoms with E-state index < -0.39 is 5.82 Å². The maximum absolute atomic E-state index is 13.3. The molecule has 3 nitrogen and oxygen atoms in total. The number of aromatic nitrogens is 1. The van der Waals surface area contributed by atoms with Gasteiger partial charge in [-0.1, -0.05) is 0 Å². The number of nitrogens with zero attached hydrogens (tertiary/aromatic N) is 2. The van der Waals surface area contributed by atoms with Gasteiger partial charge in [0.25, 0.3) is 0 Å². The van der Waals surface area contributed by atoms with Crippen molar-refractivity contribution < 1.29 is 9.13 Å². The fourth-order valence-electron chi connectivity index (χ4n) is 1.59. The van der Waals surface area contributed by atoms with E-state index in [0.717, 1.165) is 0 Å². The molecule has 0 saturated carbocycles. The lowest BCUT2D eigenvalue weighted by Crippen LogP contribution is -1.90. The molecule has 0 aliphatic carbocycles. The molecule has 0 saturated heterocycles. The largest absolute Gasteiger partial charge is 0.496 e. The zero-order chi connectivity index (χ0) is 12.3. The number of pyridine rings is 1. The van der Waals surface area contributed by atoms with Crippen LogP contribution in [0.4, 0.5) is 4.39 Å². The standard InChI is InChI=1S/C13H9FN2O/c1-17-13-2-3-16-8-12(13)10-4-9(7-15)5-11(14)6-10/h2-6,8H,1H3. The third-order valence-corrected chi connectivity index (χ3v) is 2.34. The average molecular weight is 228 g/mol. The molecule has 1 aromatic heterocycles. The van der Waals surface area contributed by atoms with E-state index >= 15 is 0 Å². The first kappa shape index (κ1) is 11.1. The lowest BCUT2D eigenvalue weighted by molar-refractivity contribution is 0.416. The van der Waals surface area contributed by atoms with Gasteiger partial charge < -0.3 is 4.74 Å². The molecule has 0 bridgehead atoms. The number of hydrogen-bond donors (Lipinski definition) is 0. The van der Waals surface area contributed by atoms with Crippen molar-refractivity contribution in [1.82, 2.24) is 4.98 Å². The summed E-state index contributed by atoms with van der Waals surface area (Å²) in [6.45, 7) is 0. The summed E-state index contributed by atoms with van der Waals surface area (Å²) < 4.78 is 18.5. The van der Waals surface area contributed by atoms with Crippen LogP contribution in [-0.4, -0.2) is 12.1 Å². The molecule has 0 radical (unpaired) electrons. The fourth-order valence-corrected chi connectivity index (χ4v) is 1.59. The number of hydrogen-bond acceptors (Lipinski definition) is 3. The molecule has 0 amide bonds. The molecule has 0 aliphatic heterocycles. The molecule has 2 rings (SSSR count). The van der Waals surface area contributed by atoms with Gasteiger partial charge in [-0.15, -0.1) is 0 Å². The molecule has 84 valence electrons. The van der Waals surface area contributed by atoms with Crippen LogP contribution in [-0.2, 0) is 0 Å². The molecular formula is C13H9FN2O. The summed E-state index contributed by atoms with van der Waals surface area (Å²) in [5.74, 6) is 0.138. The van der Waals surface area contributed by atoms with Gasteiger partial charge in [-0.2, -0.15) is 5.26 Å². The van der Waals surface area contributed by atoms with Crippen LogP contribution in [0.5, 0.6) is 5.75 Å². The minimum atomic E-state index is -0.454. The van der Waals surface area contributed by atoms with Crippen LogP contribution >= 0.6 is 0 Å². The second kappa shape index (κ2) is 4.62. The number of halogens is 1. The van der Waals surface area contributed by atoms with Crippen molar-refractivity contribution in [3.8, 4) is 22.9 Å². The molecule has 4 heteroatoms. The van der Waals surface area contributed by atoms with E-state index in [4.69, 9.17) is 10.00 Å². The third kappa shape index (κ3) is 2.23. The summed E-state index contributed by atoms with van der Waals surface area (Å²) in [4.78, 5) is 3.97. The van der Waals surface area contributed by atoms with Crippen molar-refractivity contribution in [3.63, 3.8) is 0 Å². The summed E-state index contributed by atoms with van der Waals surface area (Å²) in [5, 5.41) is 8.80. The summed E-state index contributed by atoms with van der Waals surface area (Å²) >= 11 is 0. The van der Waals surface area contributed by atoms with Gasteiger partial charge >= 0.3 is 0 Å². The van der Waals surface area contributed by atoms with E-state index in [1.54, 1.807) is 24.5 Å². The van der Waals surface area contributed by atoms with E-state index in [9.17, 15) is 4.39 Å². The molecule has 17 heavy (non-hydrogen) atoms. The van der Waals surface area contributed by atoms with Crippen LogP contribution in [0.1, 0.15) is 5.56 Å². The van der Waals surface area contributed by atoms with Crippen LogP contribution in [0, 0.1) is 17.1 Å². The number of ether oxygens (including phenoxy) is 1. The summed E-state index contributed by atoms with van der Waals surface area (Å²) in [6.07, 6.45) is 3.17. The second-order valence-corrected chi connectivity index (χ2v) is 3.42. The number of rotatable bonds is 2. The van der Waals surface area contributed by atoms with Crippen molar-refractivity contribution in [2.75, 3.05) is 7.11 Å². The maximum atomic E-state index is 13.3. The Morgan fingerprint density at radius 2 is 2.18 bits per heavy atom. The lowest BCUT2D eigenvalue weighted by atomic mass is 10.0. The Hall–Kier alpha value is -2.41. The highest BCUT2D eigenvalue weighted by molar-refractivity contribution is 5.70. The van der Waals surface area contributed by atoms with Gasteiger partial charge in [0.15, 0.2) is 0 Å². The van der Waals surface area contributed by atoms with E-state index in [1.807, 2.05) is 6.07 Å². The highest BCUT2D eigenvalue weighted by Crippen LogP contribution is 2.29. The quantitative estimate of drug-likeness (QED) is 0.793. The maximum Gasteiger partial charge on any atom is 0.129 e. The molecular weight excluding hydrogens is 219 g/mol. The van der Waals surface area contributed by atoms with Gasteiger partial charge in [0, 0.05) is 18.0 Å². The van der Waals surface area contributed by atoms with Crippen molar-refractivity contribution in [2.24, 2.45) is 0 Å². The Labute approximate surface area is 98.1 Å². The first-order valence-electron chi connectivity index (χ1n) is 4.93. The molecule has 0 unspecified atom stereocenters. The van der Waals surface area contributed by atoms with Crippen LogP contribution < -0.4 is 4.74 Å². The smallest absolute Gasteiger partial charge is 0.129 e. The average Bonchev–Trinajstić information content (AvgIpc) is 2.37. The van der Waals surface area contributed by atoms with Gasteiger partial charge in [0.1, 0.15) is 11.6 Å². The highest BCUT2D eigenvalue weighted by atomic mass is 19.1. The number of benzene rings is 1. The van der Waals surface area contributed by atoms with Crippen LogP contribution in [0.3, 0.4) is 0 Å². The fraction of sp³-hybridized carbons (Fsp3) is 0.0769. The molecule has 0 aliphatic rings. The Morgan fingerprint density at radius 3 is 2.88 bits per heavy atom. The third-order valence-electron chi connectivity index (χ3n) is 2.34. The predicted molar refractivity (Wildman–Crippen MR) is 60.9 cm³/mol. The van der Waals surface area contributed by atoms with E-state index in [-0.39, 0.29) is 5.56 Å². The zero-order valence-electron chi connectivity index (χ0n) is 9.14. The lowest BCUT2D eigenvalue weighted by Gasteiger charge is -2.07. The molecule has 0 N–H and O–H groups in total. The van der Waals surface area contributed by atoms with Crippen molar-refractivity contribution >= 4 is 0 Å². The highest BCUT2D eigenvalue weighted by Gasteiger charge is 2.08. The topological polar surface area (TPSA) is 45.9 Å². The Bertz CT molecular complexity index is 590. The molecule has 0 spiro atoms. The Balaban J connectivity index is 2.60. The van der Waals surface area contributed by atoms with Gasteiger partial charge in [0.05, 0.1) is 18.7 Å². The summed E-state index contributed by atoms with van der Waals surface area (Å²) in [6, 6.07) is 7.74. The van der Waals surface area contributed by atoms with E-state index in [2.05, 4.69) is 4.98 Å². The zero-order valence-corrected chi connectivity index (χ0v) is 9.14. The van der Waals surface area contributed by atoms with Gasteiger partial charge in [0.2, 0.25) is 0 Å². The first-order valence-corrected chi connectivity index (χ1v) is 4.93. The second-order valence-electron chi connectivity index (χ2n) is 3.42. The van der Waals surface area contributed by atoms with E-state index in [0.29, 0.717) is 16.9 Å². The Morgan fingerprint density at radius 1 is 1.35 bits per heavy atom. The van der Waals surface area contributed by atoms with Crippen molar-refractivity contribution in [3.05, 3.63) is 48.0 Å². The van der Waals surface area contributed by atoms with Gasteiger partial charge in [-0.25, -0.2) is 4.39 Å². The molecule has 1 heterocycles. The molecule has 0 atom stereocenters. The molecule has 1 aromatic carbocycles. The van der Waals surface area contributed by atoms with Crippen LogP contribution in [0.15, 0.2) is 36.7 Å². The summed E-state index contributed by atoms with van der Waals surface area (Å²) in [7, 11) is 1.53. The monoisotopic (exact) mass is 228 g/mol. The van der Waals surface area contributed by atoms with Gasteiger partial charge in [-0.3, -0.25) is 4.98 Å². The minimum Gasteiger partial charge on any atom is -0.496 e. The normalized spacial score (nSPS) is 9.71. The summed E-state index contributed by atoms with van der Waals surface area (Å²) in [5.41, 5.74) is 1.50. The Kier molecular flexibility index (Phi) is 3.01. The molecule has 0 fully saturated rings. The van der Waals surface area contributed by atoms with E-state index in [1.165, 1.54) is 19.2 Å².